The third-order valence-electron chi connectivity index (χ3n) is 2.51. The molecule has 8 heteroatoms. The van der Waals surface area contributed by atoms with Crippen LogP contribution < -0.4 is 5.32 Å². The lowest BCUT2D eigenvalue weighted by Gasteiger charge is -2.10. The maximum atomic E-state index is 12.0. The summed E-state index contributed by atoms with van der Waals surface area (Å²) in [6, 6.07) is 8.71. The van der Waals surface area contributed by atoms with Gasteiger partial charge in [-0.1, -0.05) is 11.8 Å². The first-order valence-electron chi connectivity index (χ1n) is 5.80. The van der Waals surface area contributed by atoms with E-state index in [2.05, 4.69) is 20.8 Å². The Kier molecular flexibility index (Phi) is 4.32. The number of amides is 1. The Labute approximate surface area is 120 Å². The first-order chi connectivity index (χ1) is 9.60. The van der Waals surface area contributed by atoms with Crippen LogP contribution in [0, 0.1) is 11.3 Å². The molecule has 0 saturated carbocycles. The first kappa shape index (κ1) is 14.0. The Bertz CT molecular complexity index is 645. The van der Waals surface area contributed by atoms with Crippen LogP contribution in [0.4, 0.5) is 5.69 Å². The molecule has 20 heavy (non-hydrogen) atoms. The van der Waals surface area contributed by atoms with Crippen molar-refractivity contribution in [3.8, 4) is 6.07 Å². The normalized spacial score (nSPS) is 11.7. The van der Waals surface area contributed by atoms with Crippen molar-refractivity contribution in [3.63, 3.8) is 0 Å². The smallest absolute Gasteiger partial charge is 0.237 e. The van der Waals surface area contributed by atoms with Crippen molar-refractivity contribution >= 4 is 23.4 Å². The Balaban J connectivity index is 1.97. The van der Waals surface area contributed by atoms with Gasteiger partial charge in [0.1, 0.15) is 0 Å². The van der Waals surface area contributed by atoms with Crippen LogP contribution >= 0.6 is 11.8 Å². The molecular formula is C12H12N6OS. The highest BCUT2D eigenvalue weighted by molar-refractivity contribution is 8.00. The number of carbonyl (C=O) groups excluding carboxylic acids is 1. The van der Waals surface area contributed by atoms with Crippen molar-refractivity contribution in [3.05, 3.63) is 29.8 Å². The molecule has 1 heterocycles. The van der Waals surface area contributed by atoms with Crippen molar-refractivity contribution in [2.75, 3.05) is 5.32 Å². The molecule has 0 aliphatic rings. The molecule has 0 spiro atoms. The first-order valence-corrected chi connectivity index (χ1v) is 6.68. The molecule has 0 fully saturated rings. The topological polar surface area (TPSA) is 96.5 Å². The summed E-state index contributed by atoms with van der Waals surface area (Å²) in [5, 5.41) is 22.8. The number of nitrogens with zero attached hydrogens (tertiary/aromatic N) is 5. The second-order valence-electron chi connectivity index (χ2n) is 4.02. The number of tetrazole rings is 1. The molecule has 1 N–H and O–H groups in total. The summed E-state index contributed by atoms with van der Waals surface area (Å²) in [7, 11) is 1.72. The summed E-state index contributed by atoms with van der Waals surface area (Å²) in [5.41, 5.74) is 1.20. The highest BCUT2D eigenvalue weighted by Gasteiger charge is 2.17. The Morgan fingerprint density at radius 1 is 1.45 bits per heavy atom. The summed E-state index contributed by atoms with van der Waals surface area (Å²) >= 11 is 1.27. The van der Waals surface area contributed by atoms with Crippen LogP contribution in [0.15, 0.2) is 29.4 Å². The molecule has 0 saturated heterocycles. The van der Waals surface area contributed by atoms with E-state index in [0.29, 0.717) is 16.4 Å². The lowest BCUT2D eigenvalue weighted by molar-refractivity contribution is -0.115. The molecular weight excluding hydrogens is 276 g/mol. The third kappa shape index (κ3) is 3.33. The average Bonchev–Trinajstić information content (AvgIpc) is 2.85. The summed E-state index contributed by atoms with van der Waals surface area (Å²) in [6.45, 7) is 1.78. The van der Waals surface area contributed by atoms with Crippen LogP contribution in [-0.4, -0.2) is 31.4 Å². The van der Waals surface area contributed by atoms with E-state index >= 15 is 0 Å². The lowest BCUT2D eigenvalue weighted by Crippen LogP contribution is -2.22. The van der Waals surface area contributed by atoms with Crippen LogP contribution in [0.5, 0.6) is 0 Å². The van der Waals surface area contributed by atoms with E-state index in [1.165, 1.54) is 16.4 Å². The van der Waals surface area contributed by atoms with E-state index in [0.717, 1.165) is 0 Å². The van der Waals surface area contributed by atoms with Gasteiger partial charge in [0.05, 0.1) is 16.9 Å². The van der Waals surface area contributed by atoms with Gasteiger partial charge in [0.25, 0.3) is 0 Å². The lowest BCUT2D eigenvalue weighted by atomic mass is 10.2. The minimum atomic E-state index is -0.338. The van der Waals surface area contributed by atoms with Crippen LogP contribution in [0.1, 0.15) is 12.5 Å². The maximum Gasteiger partial charge on any atom is 0.237 e. The van der Waals surface area contributed by atoms with Crippen molar-refractivity contribution in [1.29, 1.82) is 5.26 Å². The number of thioether (sulfide) groups is 1. The largest absolute Gasteiger partial charge is 0.325 e. The van der Waals surface area contributed by atoms with Gasteiger partial charge in [-0.3, -0.25) is 4.79 Å². The number of aryl methyl sites for hydroxylation is 1. The minimum absolute atomic E-state index is 0.150. The van der Waals surface area contributed by atoms with Crippen molar-refractivity contribution in [1.82, 2.24) is 20.2 Å². The summed E-state index contributed by atoms with van der Waals surface area (Å²) in [5.74, 6) is -0.150. The zero-order valence-corrected chi connectivity index (χ0v) is 11.8. The highest BCUT2D eigenvalue weighted by atomic mass is 32.2. The SMILES string of the molecule is CC(Sc1nnnn1C)C(=O)Nc1ccc(C#N)cc1. The fourth-order valence-corrected chi connectivity index (χ4v) is 2.16. The van der Waals surface area contributed by atoms with Gasteiger partial charge in [-0.25, -0.2) is 4.68 Å². The molecule has 2 aromatic rings. The average molecular weight is 288 g/mol. The molecule has 0 bridgehead atoms. The number of hydrogen-bond donors (Lipinski definition) is 1. The fourth-order valence-electron chi connectivity index (χ4n) is 1.40. The predicted molar refractivity (Wildman–Crippen MR) is 73.9 cm³/mol. The van der Waals surface area contributed by atoms with E-state index in [4.69, 9.17) is 5.26 Å². The number of carbonyl (C=O) groups is 1. The van der Waals surface area contributed by atoms with Crippen LogP contribution in [0.3, 0.4) is 0 Å². The molecule has 1 unspecified atom stereocenters. The summed E-state index contributed by atoms with van der Waals surface area (Å²) < 4.78 is 1.51. The van der Waals surface area contributed by atoms with E-state index in [-0.39, 0.29) is 11.2 Å². The number of anilines is 1. The van der Waals surface area contributed by atoms with Crippen LogP contribution in [0.2, 0.25) is 0 Å². The van der Waals surface area contributed by atoms with Gasteiger partial charge in [0, 0.05) is 12.7 Å². The molecule has 102 valence electrons. The van der Waals surface area contributed by atoms with Gasteiger partial charge in [0.2, 0.25) is 11.1 Å². The van der Waals surface area contributed by atoms with Gasteiger partial charge in [-0.2, -0.15) is 5.26 Å². The van der Waals surface area contributed by atoms with Crippen molar-refractivity contribution in [2.45, 2.75) is 17.3 Å². The number of rotatable bonds is 4. The molecule has 2 rings (SSSR count). The van der Waals surface area contributed by atoms with Gasteiger partial charge < -0.3 is 5.32 Å². The van der Waals surface area contributed by atoms with Gasteiger partial charge in [-0.05, 0) is 41.6 Å². The molecule has 1 aromatic heterocycles. The van der Waals surface area contributed by atoms with Crippen LogP contribution in [0.25, 0.3) is 0 Å². The summed E-state index contributed by atoms with van der Waals surface area (Å²) in [4.78, 5) is 12.0. The second kappa shape index (κ2) is 6.16. The third-order valence-corrected chi connectivity index (χ3v) is 3.64. The Morgan fingerprint density at radius 2 is 2.15 bits per heavy atom. The molecule has 1 atom stereocenters. The molecule has 1 aromatic carbocycles. The van der Waals surface area contributed by atoms with Crippen molar-refractivity contribution in [2.24, 2.45) is 7.05 Å². The zero-order chi connectivity index (χ0) is 14.5. The number of nitrogens with one attached hydrogen (secondary N) is 1. The summed E-state index contributed by atoms with van der Waals surface area (Å²) in [6.07, 6.45) is 0. The van der Waals surface area contributed by atoms with E-state index in [1.807, 2.05) is 6.07 Å². The standard InChI is InChI=1S/C12H12N6OS/c1-8(20-12-15-16-17-18(12)2)11(19)14-10-5-3-9(7-13)4-6-10/h3-6,8H,1-2H3,(H,14,19). The van der Waals surface area contributed by atoms with Gasteiger partial charge >= 0.3 is 0 Å². The van der Waals surface area contributed by atoms with E-state index in [9.17, 15) is 4.79 Å². The van der Waals surface area contributed by atoms with Crippen molar-refractivity contribution < 1.29 is 4.79 Å². The number of hydrogen-bond acceptors (Lipinski definition) is 6. The predicted octanol–water partition coefficient (Wildman–Crippen LogP) is 1.20. The van der Waals surface area contributed by atoms with E-state index in [1.54, 1.807) is 38.2 Å². The van der Waals surface area contributed by atoms with E-state index < -0.39 is 0 Å². The maximum absolute atomic E-state index is 12.0. The fraction of sp³-hybridized carbons (Fsp3) is 0.250. The quantitative estimate of drug-likeness (QED) is 0.849. The number of nitriles is 1. The van der Waals surface area contributed by atoms with Crippen LogP contribution in [-0.2, 0) is 11.8 Å². The highest BCUT2D eigenvalue weighted by Crippen LogP contribution is 2.20. The number of benzene rings is 1. The van der Waals surface area contributed by atoms with Gasteiger partial charge in [0.15, 0.2) is 0 Å². The monoisotopic (exact) mass is 288 g/mol. The zero-order valence-electron chi connectivity index (χ0n) is 10.9. The number of aromatic nitrogens is 4. The molecule has 0 radical (unpaired) electrons. The van der Waals surface area contributed by atoms with Gasteiger partial charge in [-0.15, -0.1) is 5.10 Å². The molecule has 1 amide bonds. The Morgan fingerprint density at radius 3 is 2.70 bits per heavy atom. The minimum Gasteiger partial charge on any atom is -0.325 e. The molecule has 0 aliphatic heterocycles. The molecule has 7 nitrogen and oxygen atoms in total. The molecule has 0 aliphatic carbocycles. The Hall–Kier alpha value is -2.40. The second-order valence-corrected chi connectivity index (χ2v) is 5.33.